The zero-order valence-electron chi connectivity index (χ0n) is 11.6. The summed E-state index contributed by atoms with van der Waals surface area (Å²) in [5.41, 5.74) is 2.77. The molecule has 1 aromatic carbocycles. The maximum Gasteiger partial charge on any atom is 0.303 e. The highest BCUT2D eigenvalue weighted by molar-refractivity contribution is 5.66. The van der Waals surface area contributed by atoms with E-state index < -0.39 is 5.97 Å². The van der Waals surface area contributed by atoms with Crippen LogP contribution in [0.3, 0.4) is 0 Å². The van der Waals surface area contributed by atoms with Gasteiger partial charge >= 0.3 is 5.97 Å². The van der Waals surface area contributed by atoms with Crippen molar-refractivity contribution in [3.8, 4) is 0 Å². The number of rotatable bonds is 5. The summed E-state index contributed by atoms with van der Waals surface area (Å²) in [4.78, 5) is 13.1. The molecule has 0 bridgehead atoms. The van der Waals surface area contributed by atoms with Gasteiger partial charge < -0.3 is 5.11 Å². The molecule has 0 aliphatic carbocycles. The molecule has 0 aromatic heterocycles. The quantitative estimate of drug-likeness (QED) is 0.885. The molecule has 0 unspecified atom stereocenters. The maximum atomic E-state index is 10.6. The molecule has 1 aliphatic heterocycles. The van der Waals surface area contributed by atoms with Crippen LogP contribution in [0.1, 0.15) is 36.8 Å². The third-order valence-corrected chi connectivity index (χ3v) is 4.13. The van der Waals surface area contributed by atoms with Gasteiger partial charge in [-0.25, -0.2) is 0 Å². The highest BCUT2D eigenvalue weighted by Crippen LogP contribution is 2.23. The smallest absolute Gasteiger partial charge is 0.303 e. The average molecular weight is 261 g/mol. The molecule has 0 saturated carbocycles. The van der Waals surface area contributed by atoms with Crippen LogP contribution in [-0.4, -0.2) is 29.1 Å². The molecule has 0 spiro atoms. The van der Waals surface area contributed by atoms with Gasteiger partial charge in [0.05, 0.1) is 0 Å². The zero-order valence-corrected chi connectivity index (χ0v) is 11.6. The van der Waals surface area contributed by atoms with Crippen LogP contribution in [0.15, 0.2) is 24.3 Å². The lowest BCUT2D eigenvalue weighted by Gasteiger charge is -2.32. The Balaban J connectivity index is 1.77. The van der Waals surface area contributed by atoms with Crippen molar-refractivity contribution in [1.82, 2.24) is 4.90 Å². The van der Waals surface area contributed by atoms with Crippen LogP contribution in [0.25, 0.3) is 0 Å². The molecule has 0 amide bonds. The first-order valence-electron chi connectivity index (χ1n) is 7.14. The van der Waals surface area contributed by atoms with Gasteiger partial charge in [0.2, 0.25) is 0 Å². The molecular formula is C16H23NO2. The second-order valence-corrected chi connectivity index (χ2v) is 5.58. The summed E-state index contributed by atoms with van der Waals surface area (Å²) in [6.07, 6.45) is 3.44. The van der Waals surface area contributed by atoms with E-state index >= 15 is 0 Å². The minimum absolute atomic E-state index is 0.322. The van der Waals surface area contributed by atoms with E-state index in [1.807, 2.05) is 0 Å². The van der Waals surface area contributed by atoms with E-state index in [1.165, 1.54) is 11.1 Å². The Hall–Kier alpha value is -1.35. The lowest BCUT2D eigenvalue weighted by atomic mass is 9.92. The molecule has 3 nitrogen and oxygen atoms in total. The summed E-state index contributed by atoms with van der Waals surface area (Å²) in [7, 11) is 0. The molecule has 1 heterocycles. The van der Waals surface area contributed by atoms with Crippen LogP contribution in [0.4, 0.5) is 0 Å². The Kier molecular flexibility index (Phi) is 4.97. The monoisotopic (exact) mass is 261 g/mol. The van der Waals surface area contributed by atoms with Crippen molar-refractivity contribution in [3.05, 3.63) is 35.4 Å². The fourth-order valence-corrected chi connectivity index (χ4v) is 2.79. The van der Waals surface area contributed by atoms with Crippen LogP contribution in [0.5, 0.6) is 0 Å². The van der Waals surface area contributed by atoms with Crippen molar-refractivity contribution in [2.24, 2.45) is 5.92 Å². The number of aliphatic carboxylic acids is 1. The van der Waals surface area contributed by atoms with Gasteiger partial charge in [-0.15, -0.1) is 0 Å². The molecule has 104 valence electrons. The number of carbonyl (C=O) groups is 1. The Morgan fingerprint density at radius 2 is 2.00 bits per heavy atom. The molecule has 0 atom stereocenters. The SMILES string of the molecule is Cc1ccccc1CN1CCC(CCC(=O)O)CC1. The first-order chi connectivity index (χ1) is 9.15. The predicted molar refractivity (Wildman–Crippen MR) is 76.0 cm³/mol. The van der Waals surface area contributed by atoms with Gasteiger partial charge in [0.1, 0.15) is 0 Å². The number of carboxylic acids is 1. The van der Waals surface area contributed by atoms with Gasteiger partial charge in [0.25, 0.3) is 0 Å². The summed E-state index contributed by atoms with van der Waals surface area (Å²) in [5.74, 6) is -0.0634. The van der Waals surface area contributed by atoms with E-state index in [2.05, 4.69) is 36.1 Å². The van der Waals surface area contributed by atoms with Crippen molar-refractivity contribution in [2.75, 3.05) is 13.1 Å². The number of nitrogens with zero attached hydrogens (tertiary/aromatic N) is 1. The predicted octanol–water partition coefficient (Wildman–Crippen LogP) is 3.07. The van der Waals surface area contributed by atoms with Crippen LogP contribution < -0.4 is 0 Å². The Bertz CT molecular complexity index is 423. The molecule has 1 fully saturated rings. The third kappa shape index (κ3) is 4.35. The van der Waals surface area contributed by atoms with Gasteiger partial charge in [0, 0.05) is 13.0 Å². The van der Waals surface area contributed by atoms with Crippen molar-refractivity contribution in [3.63, 3.8) is 0 Å². The van der Waals surface area contributed by atoms with Gasteiger partial charge in [-0.1, -0.05) is 24.3 Å². The van der Waals surface area contributed by atoms with E-state index in [0.29, 0.717) is 12.3 Å². The lowest BCUT2D eigenvalue weighted by Crippen LogP contribution is -2.33. The Morgan fingerprint density at radius 1 is 1.32 bits per heavy atom. The van der Waals surface area contributed by atoms with Crippen LogP contribution >= 0.6 is 0 Å². The summed E-state index contributed by atoms with van der Waals surface area (Å²) < 4.78 is 0. The second-order valence-electron chi connectivity index (χ2n) is 5.58. The molecule has 1 aliphatic rings. The number of likely N-dealkylation sites (tertiary alicyclic amines) is 1. The Labute approximate surface area is 115 Å². The van der Waals surface area contributed by atoms with Crippen LogP contribution in [-0.2, 0) is 11.3 Å². The summed E-state index contributed by atoms with van der Waals surface area (Å²) in [6, 6.07) is 8.54. The van der Waals surface area contributed by atoms with Crippen LogP contribution in [0, 0.1) is 12.8 Å². The van der Waals surface area contributed by atoms with Gasteiger partial charge in [-0.05, 0) is 56.3 Å². The number of benzene rings is 1. The molecule has 1 N–H and O–H groups in total. The van der Waals surface area contributed by atoms with E-state index in [0.717, 1.165) is 38.9 Å². The highest BCUT2D eigenvalue weighted by Gasteiger charge is 2.20. The molecule has 1 saturated heterocycles. The van der Waals surface area contributed by atoms with Gasteiger partial charge in [-0.3, -0.25) is 9.69 Å². The van der Waals surface area contributed by atoms with E-state index in [1.54, 1.807) is 0 Å². The fraction of sp³-hybridized carbons (Fsp3) is 0.562. The number of piperidine rings is 1. The normalized spacial score (nSPS) is 17.5. The first kappa shape index (κ1) is 14.1. The van der Waals surface area contributed by atoms with E-state index in [4.69, 9.17) is 5.11 Å². The first-order valence-corrected chi connectivity index (χ1v) is 7.14. The van der Waals surface area contributed by atoms with Crippen LogP contribution in [0.2, 0.25) is 0 Å². The van der Waals surface area contributed by atoms with Crippen molar-refractivity contribution in [1.29, 1.82) is 0 Å². The van der Waals surface area contributed by atoms with Crippen molar-refractivity contribution in [2.45, 2.75) is 39.2 Å². The zero-order chi connectivity index (χ0) is 13.7. The molecule has 19 heavy (non-hydrogen) atoms. The summed E-state index contributed by atoms with van der Waals surface area (Å²) >= 11 is 0. The minimum atomic E-state index is -0.665. The number of hydrogen-bond acceptors (Lipinski definition) is 2. The largest absolute Gasteiger partial charge is 0.481 e. The van der Waals surface area contributed by atoms with E-state index in [9.17, 15) is 4.79 Å². The standard InChI is InChI=1S/C16H23NO2/c1-13-4-2-3-5-15(13)12-17-10-8-14(9-11-17)6-7-16(18)19/h2-5,14H,6-12H2,1H3,(H,18,19). The maximum absolute atomic E-state index is 10.6. The third-order valence-electron chi connectivity index (χ3n) is 4.13. The number of carboxylic acid groups (broad SMARTS) is 1. The second kappa shape index (κ2) is 6.71. The van der Waals surface area contributed by atoms with Crippen molar-refractivity contribution < 1.29 is 9.90 Å². The molecule has 2 rings (SSSR count). The molecule has 1 aromatic rings. The molecule has 3 heteroatoms. The number of hydrogen-bond donors (Lipinski definition) is 1. The van der Waals surface area contributed by atoms with Crippen molar-refractivity contribution >= 4 is 5.97 Å². The highest BCUT2D eigenvalue weighted by atomic mass is 16.4. The fourth-order valence-electron chi connectivity index (χ4n) is 2.79. The van der Waals surface area contributed by atoms with Gasteiger partial charge in [-0.2, -0.15) is 0 Å². The average Bonchev–Trinajstić information content (AvgIpc) is 2.40. The van der Waals surface area contributed by atoms with E-state index in [-0.39, 0.29) is 0 Å². The number of aryl methyl sites for hydroxylation is 1. The molecular weight excluding hydrogens is 238 g/mol. The minimum Gasteiger partial charge on any atom is -0.481 e. The Morgan fingerprint density at radius 3 is 2.63 bits per heavy atom. The summed E-state index contributed by atoms with van der Waals surface area (Å²) in [6.45, 7) is 5.38. The summed E-state index contributed by atoms with van der Waals surface area (Å²) in [5, 5.41) is 8.71. The topological polar surface area (TPSA) is 40.5 Å². The van der Waals surface area contributed by atoms with Gasteiger partial charge in [0.15, 0.2) is 0 Å². The lowest BCUT2D eigenvalue weighted by molar-refractivity contribution is -0.137. The molecule has 0 radical (unpaired) electrons.